The van der Waals surface area contributed by atoms with Crippen molar-refractivity contribution in [1.82, 2.24) is 15.0 Å². The van der Waals surface area contributed by atoms with Crippen LogP contribution in [0.4, 0.5) is 5.82 Å². The van der Waals surface area contributed by atoms with Crippen molar-refractivity contribution in [1.29, 1.82) is 0 Å². The largest absolute Gasteiger partial charge is 0.379 e. The first-order chi connectivity index (χ1) is 6.84. The van der Waals surface area contributed by atoms with E-state index in [0.29, 0.717) is 19.0 Å². The van der Waals surface area contributed by atoms with Gasteiger partial charge in [-0.25, -0.2) is 9.80 Å². The molecule has 0 radical (unpaired) electrons. The van der Waals surface area contributed by atoms with Crippen molar-refractivity contribution in [3.8, 4) is 0 Å². The number of anilines is 1. The molecule has 1 aromatic heterocycles. The second kappa shape index (κ2) is 4.21. The second-order valence-corrected chi connectivity index (χ2v) is 2.99. The van der Waals surface area contributed by atoms with Gasteiger partial charge in [0, 0.05) is 19.3 Å². The predicted molar refractivity (Wildman–Crippen MR) is 50.9 cm³/mol. The lowest BCUT2D eigenvalue weighted by atomic mass is 10.5. The normalized spacial score (nSPS) is 18.0. The lowest BCUT2D eigenvalue weighted by Crippen LogP contribution is -2.40. The monoisotopic (exact) mass is 196 g/mol. The number of aromatic amines is 1. The summed E-state index contributed by atoms with van der Waals surface area (Å²) in [6.07, 6.45) is 1.57. The molecule has 0 amide bonds. The summed E-state index contributed by atoms with van der Waals surface area (Å²) >= 11 is 0. The predicted octanol–water partition coefficient (Wildman–Crippen LogP) is -0.571. The molecule has 1 saturated heterocycles. The Labute approximate surface area is 80.9 Å². The molecule has 0 spiro atoms. The quantitative estimate of drug-likeness (QED) is 0.662. The summed E-state index contributed by atoms with van der Waals surface area (Å²) in [5.74, 6) is 0.565. The molecule has 1 aliphatic heterocycles. The van der Waals surface area contributed by atoms with Gasteiger partial charge in [-0.05, 0) is 6.07 Å². The maximum atomic E-state index is 10.9. The van der Waals surface area contributed by atoms with Crippen LogP contribution in [0.2, 0.25) is 0 Å². The van der Waals surface area contributed by atoms with Crippen LogP contribution in [-0.4, -0.2) is 41.3 Å². The van der Waals surface area contributed by atoms with Crippen molar-refractivity contribution in [3.63, 3.8) is 0 Å². The number of hydrogen-bond donors (Lipinski definition) is 2. The molecule has 6 heteroatoms. The third-order valence-electron chi connectivity index (χ3n) is 1.95. The summed E-state index contributed by atoms with van der Waals surface area (Å²) in [5, 5.41) is 1.98. The van der Waals surface area contributed by atoms with Gasteiger partial charge in [-0.1, -0.05) is 0 Å². The third-order valence-corrected chi connectivity index (χ3v) is 1.95. The highest BCUT2D eigenvalue weighted by molar-refractivity contribution is 5.30. The first kappa shape index (κ1) is 9.17. The van der Waals surface area contributed by atoms with Crippen molar-refractivity contribution >= 4 is 5.82 Å². The molecular formula is C8H12N4O2. The fraction of sp³-hybridized carbons (Fsp3) is 0.500. The molecule has 2 N–H and O–H groups in total. The van der Waals surface area contributed by atoms with Crippen LogP contribution < -0.4 is 11.1 Å². The Morgan fingerprint density at radius 2 is 2.29 bits per heavy atom. The van der Waals surface area contributed by atoms with Crippen LogP contribution in [0.25, 0.3) is 0 Å². The van der Waals surface area contributed by atoms with Crippen molar-refractivity contribution in [2.45, 2.75) is 0 Å². The maximum Gasteiger partial charge on any atom is 0.346 e. The van der Waals surface area contributed by atoms with Gasteiger partial charge in [0.15, 0.2) is 0 Å². The van der Waals surface area contributed by atoms with Crippen LogP contribution in [0.3, 0.4) is 0 Å². The zero-order chi connectivity index (χ0) is 9.80. The van der Waals surface area contributed by atoms with Gasteiger partial charge in [-0.2, -0.15) is 4.98 Å². The zero-order valence-electron chi connectivity index (χ0n) is 7.69. The van der Waals surface area contributed by atoms with E-state index in [1.165, 1.54) is 0 Å². The van der Waals surface area contributed by atoms with E-state index < -0.39 is 0 Å². The molecular weight excluding hydrogens is 184 g/mol. The van der Waals surface area contributed by atoms with E-state index in [2.05, 4.69) is 15.4 Å². The number of rotatable bonds is 2. The lowest BCUT2D eigenvalue weighted by molar-refractivity contribution is 0.0495. The second-order valence-electron chi connectivity index (χ2n) is 2.99. The Bertz CT molecular complexity index is 345. The molecule has 2 heterocycles. The van der Waals surface area contributed by atoms with E-state index in [1.54, 1.807) is 12.3 Å². The molecule has 0 unspecified atom stereocenters. The van der Waals surface area contributed by atoms with Crippen LogP contribution in [0.5, 0.6) is 0 Å². The number of nitrogens with one attached hydrogen (secondary N) is 2. The highest BCUT2D eigenvalue weighted by Gasteiger charge is 2.09. The van der Waals surface area contributed by atoms with E-state index in [0.717, 1.165) is 13.1 Å². The SMILES string of the molecule is O=c1nc(NN2CCOCC2)cc[nH]1. The van der Waals surface area contributed by atoms with E-state index in [9.17, 15) is 4.79 Å². The smallest absolute Gasteiger partial charge is 0.346 e. The fourth-order valence-corrected chi connectivity index (χ4v) is 1.27. The Kier molecular flexibility index (Phi) is 2.76. The van der Waals surface area contributed by atoms with Gasteiger partial charge in [0.1, 0.15) is 5.82 Å². The molecule has 0 bridgehead atoms. The Balaban J connectivity index is 1.99. The van der Waals surface area contributed by atoms with E-state index >= 15 is 0 Å². The Morgan fingerprint density at radius 1 is 1.50 bits per heavy atom. The number of hydrazine groups is 1. The lowest BCUT2D eigenvalue weighted by Gasteiger charge is -2.27. The van der Waals surface area contributed by atoms with E-state index in [-0.39, 0.29) is 5.69 Å². The number of nitrogens with zero attached hydrogens (tertiary/aromatic N) is 2. The summed E-state index contributed by atoms with van der Waals surface area (Å²) < 4.78 is 5.19. The molecule has 0 aliphatic carbocycles. The molecule has 6 nitrogen and oxygen atoms in total. The average Bonchev–Trinajstić information content (AvgIpc) is 2.19. The van der Waals surface area contributed by atoms with Gasteiger partial charge in [0.05, 0.1) is 13.2 Å². The number of hydrogen-bond acceptors (Lipinski definition) is 5. The molecule has 0 saturated carbocycles. The van der Waals surface area contributed by atoms with Crippen molar-refractivity contribution < 1.29 is 4.74 Å². The van der Waals surface area contributed by atoms with Gasteiger partial charge >= 0.3 is 5.69 Å². The van der Waals surface area contributed by atoms with Crippen molar-refractivity contribution in [2.75, 3.05) is 31.7 Å². The first-order valence-corrected chi connectivity index (χ1v) is 4.50. The number of aromatic nitrogens is 2. The third kappa shape index (κ3) is 2.30. The van der Waals surface area contributed by atoms with Crippen molar-refractivity contribution in [2.24, 2.45) is 0 Å². The van der Waals surface area contributed by atoms with Gasteiger partial charge in [0.2, 0.25) is 0 Å². The molecule has 14 heavy (non-hydrogen) atoms. The number of morpholine rings is 1. The Morgan fingerprint density at radius 3 is 3.00 bits per heavy atom. The van der Waals surface area contributed by atoms with Crippen LogP contribution in [0, 0.1) is 0 Å². The average molecular weight is 196 g/mol. The summed E-state index contributed by atoms with van der Waals surface area (Å²) in [6.45, 7) is 3.01. The molecule has 1 fully saturated rings. The minimum Gasteiger partial charge on any atom is -0.379 e. The molecule has 1 aromatic rings. The standard InChI is InChI=1S/C8H12N4O2/c13-8-9-2-1-7(10-8)11-12-3-5-14-6-4-12/h1-2H,3-6H2,(H2,9,10,11,13). The Hall–Kier alpha value is -1.40. The van der Waals surface area contributed by atoms with E-state index in [1.807, 2.05) is 5.01 Å². The molecule has 0 atom stereocenters. The summed E-state index contributed by atoms with van der Waals surface area (Å²) in [4.78, 5) is 17.1. The zero-order valence-corrected chi connectivity index (χ0v) is 7.69. The number of H-pyrrole nitrogens is 1. The molecule has 2 rings (SSSR count). The highest BCUT2D eigenvalue weighted by atomic mass is 16.5. The summed E-state index contributed by atoms with van der Waals surface area (Å²) in [5.41, 5.74) is 2.70. The molecule has 0 aromatic carbocycles. The fourth-order valence-electron chi connectivity index (χ4n) is 1.27. The van der Waals surface area contributed by atoms with Crippen molar-refractivity contribution in [3.05, 3.63) is 22.7 Å². The highest BCUT2D eigenvalue weighted by Crippen LogP contribution is 2.01. The maximum absolute atomic E-state index is 10.9. The van der Waals surface area contributed by atoms with Gasteiger partial charge < -0.3 is 15.1 Å². The summed E-state index contributed by atoms with van der Waals surface area (Å²) in [6, 6.07) is 1.72. The topological polar surface area (TPSA) is 70.2 Å². The molecule has 1 aliphatic rings. The van der Waals surface area contributed by atoms with E-state index in [4.69, 9.17) is 4.74 Å². The molecule has 76 valence electrons. The van der Waals surface area contributed by atoms with Crippen LogP contribution in [0.1, 0.15) is 0 Å². The van der Waals surface area contributed by atoms with Gasteiger partial charge in [-0.3, -0.25) is 0 Å². The minimum atomic E-state index is -0.344. The van der Waals surface area contributed by atoms with Gasteiger partial charge in [0.25, 0.3) is 0 Å². The van der Waals surface area contributed by atoms with Crippen LogP contribution >= 0.6 is 0 Å². The summed E-state index contributed by atoms with van der Waals surface area (Å²) in [7, 11) is 0. The van der Waals surface area contributed by atoms with Crippen LogP contribution in [-0.2, 0) is 4.74 Å². The first-order valence-electron chi connectivity index (χ1n) is 4.50. The van der Waals surface area contributed by atoms with Crippen LogP contribution in [0.15, 0.2) is 17.1 Å². The van der Waals surface area contributed by atoms with Gasteiger partial charge in [-0.15, -0.1) is 0 Å². The minimum absolute atomic E-state index is 0.344. The number of ether oxygens (including phenoxy) is 1.